The van der Waals surface area contributed by atoms with E-state index < -0.39 is 0 Å². The van der Waals surface area contributed by atoms with Gasteiger partial charge in [-0.2, -0.15) is 0 Å². The number of ketones is 1. The summed E-state index contributed by atoms with van der Waals surface area (Å²) in [6.45, 7) is 8.45. The van der Waals surface area contributed by atoms with Crippen LogP contribution in [0.3, 0.4) is 0 Å². The largest absolute Gasteiger partial charge is 0.494 e. The van der Waals surface area contributed by atoms with E-state index in [9.17, 15) is 4.79 Å². The van der Waals surface area contributed by atoms with Gasteiger partial charge < -0.3 is 10.1 Å². The van der Waals surface area contributed by atoms with Crippen LogP contribution in [-0.4, -0.2) is 44.0 Å². The molecule has 0 aromatic heterocycles. The van der Waals surface area contributed by atoms with E-state index in [1.807, 2.05) is 32.2 Å². The van der Waals surface area contributed by atoms with Crippen LogP contribution in [-0.2, 0) is 6.54 Å². The van der Waals surface area contributed by atoms with Gasteiger partial charge in [0.1, 0.15) is 5.75 Å². The number of carbonyl (C=O) groups is 1. The SMILES string of the molecule is CCOc1ccc(C(C)=O)cc1CN1CCC(CNC)CC1.Cl. The number of rotatable bonds is 7. The molecule has 1 aliphatic rings. The van der Waals surface area contributed by atoms with Crippen molar-refractivity contribution in [2.24, 2.45) is 5.92 Å². The molecule has 5 heteroatoms. The van der Waals surface area contributed by atoms with Crippen LogP contribution in [0, 0.1) is 5.92 Å². The maximum Gasteiger partial charge on any atom is 0.159 e. The van der Waals surface area contributed by atoms with Crippen LogP contribution in [0.15, 0.2) is 18.2 Å². The van der Waals surface area contributed by atoms with E-state index in [0.717, 1.165) is 49.0 Å². The van der Waals surface area contributed by atoms with E-state index >= 15 is 0 Å². The summed E-state index contributed by atoms with van der Waals surface area (Å²) in [6, 6.07) is 5.78. The molecule has 0 aliphatic carbocycles. The molecule has 1 saturated heterocycles. The molecule has 1 fully saturated rings. The van der Waals surface area contributed by atoms with Crippen molar-refractivity contribution in [2.75, 3.05) is 33.3 Å². The molecule has 23 heavy (non-hydrogen) atoms. The van der Waals surface area contributed by atoms with Gasteiger partial charge in [0.25, 0.3) is 0 Å². The number of nitrogens with zero attached hydrogens (tertiary/aromatic N) is 1. The Hall–Kier alpha value is -1.10. The lowest BCUT2D eigenvalue weighted by atomic mass is 9.96. The minimum atomic E-state index is 0. The predicted octanol–water partition coefficient (Wildman–Crippen LogP) is 3.14. The molecule has 0 spiro atoms. The minimum absolute atomic E-state index is 0. The number of nitrogens with one attached hydrogen (secondary N) is 1. The fourth-order valence-electron chi connectivity index (χ4n) is 3.10. The molecule has 0 bridgehead atoms. The molecule has 1 aromatic rings. The van der Waals surface area contributed by atoms with Gasteiger partial charge in [-0.1, -0.05) is 0 Å². The number of hydrogen-bond donors (Lipinski definition) is 1. The third-order valence-electron chi connectivity index (χ3n) is 4.36. The molecule has 0 radical (unpaired) electrons. The zero-order chi connectivity index (χ0) is 15.9. The van der Waals surface area contributed by atoms with E-state index in [0.29, 0.717) is 6.61 Å². The van der Waals surface area contributed by atoms with Gasteiger partial charge in [-0.05, 0) is 77.5 Å². The summed E-state index contributed by atoms with van der Waals surface area (Å²) in [5, 5.41) is 3.27. The van der Waals surface area contributed by atoms with Crippen LogP contribution in [0.25, 0.3) is 0 Å². The van der Waals surface area contributed by atoms with Gasteiger partial charge in [0.05, 0.1) is 6.61 Å². The second kappa shape index (κ2) is 9.91. The van der Waals surface area contributed by atoms with E-state index in [1.54, 1.807) is 6.92 Å². The van der Waals surface area contributed by atoms with Crippen LogP contribution in [0.1, 0.15) is 42.6 Å². The average molecular weight is 341 g/mol. The highest BCUT2D eigenvalue weighted by Crippen LogP contribution is 2.25. The normalized spacial score (nSPS) is 16.0. The topological polar surface area (TPSA) is 41.6 Å². The first-order valence-electron chi connectivity index (χ1n) is 8.27. The van der Waals surface area contributed by atoms with Crippen molar-refractivity contribution in [3.8, 4) is 5.75 Å². The zero-order valence-corrected chi connectivity index (χ0v) is 15.2. The number of hydrogen-bond acceptors (Lipinski definition) is 4. The van der Waals surface area contributed by atoms with Gasteiger partial charge in [-0.3, -0.25) is 9.69 Å². The first-order chi connectivity index (χ1) is 10.6. The summed E-state index contributed by atoms with van der Waals surface area (Å²) in [7, 11) is 2.02. The van der Waals surface area contributed by atoms with E-state index in [2.05, 4.69) is 10.2 Å². The lowest BCUT2D eigenvalue weighted by Gasteiger charge is -2.32. The molecule has 1 heterocycles. The van der Waals surface area contributed by atoms with Gasteiger partial charge in [0.2, 0.25) is 0 Å². The van der Waals surface area contributed by atoms with Crippen molar-refractivity contribution in [3.63, 3.8) is 0 Å². The highest BCUT2D eigenvalue weighted by molar-refractivity contribution is 5.94. The van der Waals surface area contributed by atoms with E-state index in [4.69, 9.17) is 4.74 Å². The fourth-order valence-corrected chi connectivity index (χ4v) is 3.10. The first kappa shape index (κ1) is 19.9. The fraction of sp³-hybridized carbons (Fsp3) is 0.611. The average Bonchev–Trinajstić information content (AvgIpc) is 2.51. The molecule has 1 aliphatic heterocycles. The minimum Gasteiger partial charge on any atom is -0.494 e. The third-order valence-corrected chi connectivity index (χ3v) is 4.36. The van der Waals surface area contributed by atoms with Crippen molar-refractivity contribution in [3.05, 3.63) is 29.3 Å². The van der Waals surface area contributed by atoms with Gasteiger partial charge in [0.15, 0.2) is 5.78 Å². The number of ether oxygens (including phenoxy) is 1. The molecule has 0 atom stereocenters. The highest BCUT2D eigenvalue weighted by atomic mass is 35.5. The van der Waals surface area contributed by atoms with Crippen LogP contribution in [0.4, 0.5) is 0 Å². The number of benzene rings is 1. The number of halogens is 1. The molecular weight excluding hydrogens is 312 g/mol. The molecule has 0 saturated carbocycles. The Morgan fingerprint density at radius 1 is 1.35 bits per heavy atom. The molecule has 130 valence electrons. The number of likely N-dealkylation sites (tertiary alicyclic amines) is 1. The Kier molecular flexibility index (Phi) is 8.59. The summed E-state index contributed by atoms with van der Waals surface area (Å²) in [5.74, 6) is 1.80. The van der Waals surface area contributed by atoms with Crippen molar-refractivity contribution >= 4 is 18.2 Å². The Labute approximate surface area is 146 Å². The molecule has 0 unspecified atom stereocenters. The first-order valence-corrected chi connectivity index (χ1v) is 8.27. The number of Topliss-reactive ketones (excluding diaryl/α,β-unsaturated/α-hetero) is 1. The summed E-state index contributed by atoms with van der Waals surface area (Å²) in [4.78, 5) is 14.1. The van der Waals surface area contributed by atoms with E-state index in [-0.39, 0.29) is 18.2 Å². The van der Waals surface area contributed by atoms with Crippen molar-refractivity contribution in [1.82, 2.24) is 10.2 Å². The number of carbonyl (C=O) groups excluding carboxylic acids is 1. The second-order valence-electron chi connectivity index (χ2n) is 6.09. The molecule has 1 N–H and O–H groups in total. The maximum atomic E-state index is 11.6. The lowest BCUT2D eigenvalue weighted by molar-refractivity contribution is 0.101. The van der Waals surface area contributed by atoms with E-state index in [1.165, 1.54) is 12.8 Å². The summed E-state index contributed by atoms with van der Waals surface area (Å²) >= 11 is 0. The van der Waals surface area contributed by atoms with Gasteiger partial charge in [-0.25, -0.2) is 0 Å². The van der Waals surface area contributed by atoms with Gasteiger partial charge >= 0.3 is 0 Å². The molecule has 0 amide bonds. The lowest BCUT2D eigenvalue weighted by Crippen LogP contribution is -2.36. The highest BCUT2D eigenvalue weighted by Gasteiger charge is 2.20. The third kappa shape index (κ3) is 5.79. The standard InChI is InChI=1S/C18H28N2O2.ClH/c1-4-22-18-6-5-16(14(2)21)11-17(18)13-20-9-7-15(8-10-20)12-19-3;/h5-6,11,15,19H,4,7-10,12-13H2,1-3H3;1H. The summed E-state index contributed by atoms with van der Waals surface area (Å²) < 4.78 is 5.72. The number of piperidine rings is 1. The van der Waals surface area contributed by atoms with Crippen LogP contribution in [0.2, 0.25) is 0 Å². The molecular formula is C18H29ClN2O2. The monoisotopic (exact) mass is 340 g/mol. The van der Waals surface area contributed by atoms with Crippen LogP contribution in [0.5, 0.6) is 5.75 Å². The molecule has 4 nitrogen and oxygen atoms in total. The maximum absolute atomic E-state index is 11.6. The Bertz CT molecular complexity index is 500. The van der Waals surface area contributed by atoms with Crippen LogP contribution < -0.4 is 10.1 Å². The Morgan fingerprint density at radius 2 is 2.04 bits per heavy atom. The van der Waals surface area contributed by atoms with Crippen molar-refractivity contribution < 1.29 is 9.53 Å². The van der Waals surface area contributed by atoms with Crippen LogP contribution >= 0.6 is 12.4 Å². The predicted molar refractivity (Wildman–Crippen MR) is 96.8 cm³/mol. The smallest absolute Gasteiger partial charge is 0.159 e. The van der Waals surface area contributed by atoms with Crippen molar-refractivity contribution in [1.29, 1.82) is 0 Å². The van der Waals surface area contributed by atoms with Crippen molar-refractivity contribution in [2.45, 2.75) is 33.2 Å². The van der Waals surface area contributed by atoms with Gasteiger partial charge in [0, 0.05) is 17.7 Å². The summed E-state index contributed by atoms with van der Waals surface area (Å²) in [6.07, 6.45) is 2.47. The Balaban J connectivity index is 0.00000264. The molecule has 2 rings (SSSR count). The van der Waals surface area contributed by atoms with Gasteiger partial charge in [-0.15, -0.1) is 12.4 Å². The Morgan fingerprint density at radius 3 is 2.61 bits per heavy atom. The molecule has 1 aromatic carbocycles. The summed E-state index contributed by atoms with van der Waals surface area (Å²) in [5.41, 5.74) is 1.89. The zero-order valence-electron chi connectivity index (χ0n) is 14.4. The second-order valence-corrected chi connectivity index (χ2v) is 6.09. The quantitative estimate of drug-likeness (QED) is 0.774.